The van der Waals surface area contributed by atoms with Crippen LogP contribution in [0, 0.1) is 0 Å². The first-order valence-corrected chi connectivity index (χ1v) is 11.4. The van der Waals surface area contributed by atoms with Crippen molar-refractivity contribution >= 4 is 17.3 Å². The molecule has 5 heteroatoms. The largest absolute Gasteiger partial charge is 0.493 e. The molecule has 1 aromatic heterocycles. The summed E-state index contributed by atoms with van der Waals surface area (Å²) in [6, 6.07) is 18.6. The number of ether oxygens (including phenoxy) is 3. The van der Waals surface area contributed by atoms with E-state index in [1.807, 2.05) is 45.0 Å². The number of carbonyl (C=O) groups excluding carboxylic acids is 1. The Hall–Kier alpha value is -2.63. The summed E-state index contributed by atoms with van der Waals surface area (Å²) in [5, 5.41) is 0. The minimum atomic E-state index is -0.805. The molecule has 1 aliphatic heterocycles. The normalized spacial score (nSPS) is 14.5. The summed E-state index contributed by atoms with van der Waals surface area (Å²) in [7, 11) is 1.40. The van der Waals surface area contributed by atoms with E-state index >= 15 is 0 Å². The molecule has 0 saturated carbocycles. The van der Waals surface area contributed by atoms with Gasteiger partial charge < -0.3 is 14.2 Å². The van der Waals surface area contributed by atoms with Crippen molar-refractivity contribution in [2.24, 2.45) is 0 Å². The van der Waals surface area contributed by atoms with Crippen LogP contribution in [-0.4, -0.2) is 25.3 Å². The van der Waals surface area contributed by atoms with E-state index in [0.717, 1.165) is 51.6 Å². The summed E-state index contributed by atoms with van der Waals surface area (Å²) < 4.78 is 17.1. The summed E-state index contributed by atoms with van der Waals surface area (Å²) >= 11 is 1.67. The molecule has 4 nitrogen and oxygen atoms in total. The Morgan fingerprint density at radius 3 is 2.55 bits per heavy atom. The first-order chi connectivity index (χ1) is 14.9. The van der Waals surface area contributed by atoms with Crippen LogP contribution in [0.4, 0.5) is 0 Å². The molecule has 1 aliphatic rings. The number of methoxy groups -OCH3 is 1. The Balaban J connectivity index is 1.86. The summed E-state index contributed by atoms with van der Waals surface area (Å²) in [6.45, 7) is 6.61. The monoisotopic (exact) mass is 436 g/mol. The lowest BCUT2D eigenvalue weighted by molar-refractivity contribution is -0.164. The van der Waals surface area contributed by atoms with E-state index < -0.39 is 17.7 Å². The van der Waals surface area contributed by atoms with Crippen LogP contribution in [0.15, 0.2) is 54.6 Å². The van der Waals surface area contributed by atoms with Crippen molar-refractivity contribution in [3.63, 3.8) is 0 Å². The molecular weight excluding hydrogens is 408 g/mol. The quantitative estimate of drug-likeness (QED) is 0.432. The molecule has 2 aromatic carbocycles. The van der Waals surface area contributed by atoms with Crippen molar-refractivity contribution in [2.45, 2.75) is 45.3 Å². The fraction of sp³-hybridized carbons (Fsp3) is 0.346. The molecule has 1 unspecified atom stereocenters. The second kappa shape index (κ2) is 8.85. The van der Waals surface area contributed by atoms with E-state index in [2.05, 4.69) is 30.3 Å². The van der Waals surface area contributed by atoms with E-state index in [1.54, 1.807) is 11.3 Å². The number of hydrogen-bond acceptors (Lipinski definition) is 5. The van der Waals surface area contributed by atoms with Crippen LogP contribution in [0.3, 0.4) is 0 Å². The summed E-state index contributed by atoms with van der Waals surface area (Å²) in [5.41, 5.74) is 3.71. The number of rotatable bonds is 5. The third-order valence-corrected chi connectivity index (χ3v) is 6.41. The number of carbonyl (C=O) groups is 1. The highest BCUT2D eigenvalue weighted by molar-refractivity contribution is 7.19. The number of benzene rings is 2. The zero-order valence-corrected chi connectivity index (χ0v) is 19.3. The van der Waals surface area contributed by atoms with Crippen molar-refractivity contribution in [3.8, 4) is 26.6 Å². The highest BCUT2D eigenvalue weighted by Crippen LogP contribution is 2.44. The second-order valence-electron chi connectivity index (χ2n) is 8.67. The Bertz CT molecular complexity index is 1060. The lowest BCUT2D eigenvalue weighted by Gasteiger charge is -2.26. The first-order valence-electron chi connectivity index (χ1n) is 10.6. The maximum atomic E-state index is 12.8. The van der Waals surface area contributed by atoms with Crippen LogP contribution in [-0.2, 0) is 20.7 Å². The molecule has 0 bridgehead atoms. The number of hydrogen-bond donors (Lipinski definition) is 0. The Morgan fingerprint density at radius 2 is 1.84 bits per heavy atom. The predicted molar refractivity (Wildman–Crippen MR) is 125 cm³/mol. The molecule has 0 radical (unpaired) electrons. The molecule has 2 heterocycles. The Labute approximate surface area is 187 Å². The summed E-state index contributed by atoms with van der Waals surface area (Å²) in [6.07, 6.45) is 1.20. The Morgan fingerprint density at radius 1 is 1.06 bits per heavy atom. The zero-order chi connectivity index (χ0) is 22.0. The summed E-state index contributed by atoms with van der Waals surface area (Å²) in [4.78, 5) is 14.9. The molecule has 3 aromatic rings. The van der Waals surface area contributed by atoms with Crippen LogP contribution in [0.1, 0.15) is 44.4 Å². The van der Waals surface area contributed by atoms with Crippen LogP contribution >= 0.6 is 11.3 Å². The van der Waals surface area contributed by atoms with Gasteiger partial charge in [0.05, 0.1) is 19.3 Å². The molecule has 0 amide bonds. The minimum Gasteiger partial charge on any atom is -0.493 e. The van der Waals surface area contributed by atoms with Crippen LogP contribution < -0.4 is 4.74 Å². The van der Waals surface area contributed by atoms with E-state index in [1.165, 1.54) is 12.7 Å². The average molecular weight is 437 g/mol. The summed E-state index contributed by atoms with van der Waals surface area (Å²) in [5.74, 6) is 0.557. The first kappa shape index (κ1) is 21.6. The van der Waals surface area contributed by atoms with Gasteiger partial charge in [-0.25, -0.2) is 4.79 Å². The van der Waals surface area contributed by atoms with E-state index in [9.17, 15) is 4.79 Å². The van der Waals surface area contributed by atoms with Gasteiger partial charge in [-0.2, -0.15) is 0 Å². The van der Waals surface area contributed by atoms with Crippen LogP contribution in [0.2, 0.25) is 0 Å². The van der Waals surface area contributed by atoms with Crippen molar-refractivity contribution < 1.29 is 19.0 Å². The van der Waals surface area contributed by atoms with Gasteiger partial charge in [-0.15, -0.1) is 11.3 Å². The van der Waals surface area contributed by atoms with Gasteiger partial charge in [0.25, 0.3) is 0 Å². The zero-order valence-electron chi connectivity index (χ0n) is 18.4. The number of fused-ring (bicyclic) bond motifs is 1. The third-order valence-electron chi connectivity index (χ3n) is 5.16. The van der Waals surface area contributed by atoms with Crippen LogP contribution in [0.25, 0.3) is 20.9 Å². The maximum absolute atomic E-state index is 12.8. The van der Waals surface area contributed by atoms with Gasteiger partial charge in [0, 0.05) is 15.3 Å². The molecule has 31 heavy (non-hydrogen) atoms. The topological polar surface area (TPSA) is 44.8 Å². The van der Waals surface area contributed by atoms with Gasteiger partial charge in [0.15, 0.2) is 6.10 Å². The van der Waals surface area contributed by atoms with E-state index in [4.69, 9.17) is 14.2 Å². The van der Waals surface area contributed by atoms with Crippen molar-refractivity contribution in [1.29, 1.82) is 0 Å². The molecular formula is C26H28O4S. The molecule has 1 atom stereocenters. The molecule has 0 N–H and O–H groups in total. The lowest BCUT2D eigenvalue weighted by atomic mass is 9.99. The fourth-order valence-electron chi connectivity index (χ4n) is 3.77. The SMILES string of the molecule is COC(=O)C(OC(C)(C)C)c1cc(-c2ccccc2)sc1-c1ccc2c(c1)CCCO2. The fourth-order valence-corrected chi connectivity index (χ4v) is 4.96. The van der Waals surface area contributed by atoms with Gasteiger partial charge in [-0.3, -0.25) is 0 Å². The maximum Gasteiger partial charge on any atom is 0.339 e. The van der Waals surface area contributed by atoms with Crippen LogP contribution in [0.5, 0.6) is 5.75 Å². The molecule has 0 fully saturated rings. The van der Waals surface area contributed by atoms with E-state index in [-0.39, 0.29) is 0 Å². The average Bonchev–Trinajstić information content (AvgIpc) is 3.22. The van der Waals surface area contributed by atoms with Crippen molar-refractivity contribution in [3.05, 3.63) is 65.7 Å². The van der Waals surface area contributed by atoms with E-state index in [0.29, 0.717) is 0 Å². The van der Waals surface area contributed by atoms with Gasteiger partial charge in [0.1, 0.15) is 5.75 Å². The van der Waals surface area contributed by atoms with Gasteiger partial charge in [-0.05, 0) is 74.6 Å². The third kappa shape index (κ3) is 4.83. The van der Waals surface area contributed by atoms with Crippen molar-refractivity contribution in [1.82, 2.24) is 0 Å². The van der Waals surface area contributed by atoms with Gasteiger partial charge in [-0.1, -0.05) is 30.3 Å². The highest BCUT2D eigenvalue weighted by Gasteiger charge is 2.32. The van der Waals surface area contributed by atoms with Gasteiger partial charge >= 0.3 is 5.97 Å². The predicted octanol–water partition coefficient (Wildman–Crippen LogP) is 6.44. The standard InChI is InChI=1S/C26H28O4S/c1-26(2,3)30-23(25(27)28-4)20-16-22(17-9-6-5-7-10-17)31-24(20)19-12-13-21-18(15-19)11-8-14-29-21/h5-7,9-10,12-13,15-16,23H,8,11,14H2,1-4H3. The van der Waals surface area contributed by atoms with Crippen molar-refractivity contribution in [2.75, 3.05) is 13.7 Å². The highest BCUT2D eigenvalue weighted by atomic mass is 32.1. The molecule has 162 valence electrons. The second-order valence-corrected chi connectivity index (χ2v) is 9.72. The number of aryl methyl sites for hydroxylation is 1. The molecule has 0 saturated heterocycles. The Kier molecular flexibility index (Phi) is 6.17. The molecule has 4 rings (SSSR count). The minimum absolute atomic E-state index is 0.394. The number of thiophene rings is 1. The number of esters is 1. The molecule has 0 aliphatic carbocycles. The molecule has 0 spiro atoms. The van der Waals surface area contributed by atoms with Gasteiger partial charge in [0.2, 0.25) is 0 Å². The smallest absolute Gasteiger partial charge is 0.339 e. The lowest BCUT2D eigenvalue weighted by Crippen LogP contribution is -2.28.